The number of ether oxygens (including phenoxy) is 2. The molecule has 0 bridgehead atoms. The van der Waals surface area contributed by atoms with Gasteiger partial charge < -0.3 is 62.3 Å². The molecule has 2 fully saturated rings. The van der Waals surface area contributed by atoms with Crippen LogP contribution in [0.5, 0.6) is 5.75 Å². The molecule has 2 saturated heterocycles. The van der Waals surface area contributed by atoms with Crippen LogP contribution in [0.15, 0.2) is 146 Å². The number of aromatic nitrogens is 1. The highest BCUT2D eigenvalue weighted by Gasteiger charge is 2.46. The first kappa shape index (κ1) is 56.5. The number of unbranched alkanes of at least 4 members (excludes halogenated alkanes) is 1. The Hall–Kier alpha value is -6.75. The van der Waals surface area contributed by atoms with Gasteiger partial charge in [0.2, 0.25) is 11.8 Å². The van der Waals surface area contributed by atoms with E-state index in [9.17, 15) is 30.0 Å². The minimum atomic E-state index is -1.55. The van der Waals surface area contributed by atoms with Gasteiger partial charge in [-0.3, -0.25) is 30.4 Å². The second-order valence-corrected chi connectivity index (χ2v) is 19.9. The minimum Gasteiger partial charge on any atom is -0.489 e. The van der Waals surface area contributed by atoms with E-state index in [1.807, 2.05) is 115 Å². The molecule has 19 nitrogen and oxygen atoms in total. The molecule has 3 amide bonds. The number of nitrogens with one attached hydrogen (secondary N) is 7. The lowest BCUT2D eigenvalue weighted by Gasteiger charge is -2.38. The molecule has 2 unspecified atom stereocenters. The van der Waals surface area contributed by atoms with Gasteiger partial charge in [-0.05, 0) is 84.7 Å². The minimum absolute atomic E-state index is 0.0499. The lowest BCUT2D eigenvalue weighted by atomic mass is 9.98. The molecule has 2 aliphatic rings. The zero-order valence-electron chi connectivity index (χ0n) is 43.1. The average Bonchev–Trinajstić information content (AvgIpc) is 4.08. The van der Waals surface area contributed by atoms with Crippen molar-refractivity contribution in [2.24, 2.45) is 11.5 Å². The largest absolute Gasteiger partial charge is 0.489 e. The van der Waals surface area contributed by atoms with E-state index in [1.54, 1.807) is 30.3 Å². The van der Waals surface area contributed by atoms with Crippen molar-refractivity contribution >= 4 is 28.8 Å². The van der Waals surface area contributed by atoms with Crippen molar-refractivity contribution in [3.63, 3.8) is 0 Å². The van der Waals surface area contributed by atoms with Gasteiger partial charge in [0.15, 0.2) is 0 Å². The number of hydrogen-bond acceptors (Lipinski definition) is 15. The van der Waals surface area contributed by atoms with Crippen LogP contribution in [0.2, 0.25) is 0 Å². The summed E-state index contributed by atoms with van der Waals surface area (Å²) < 4.78 is 11.9. The number of rotatable bonds is 17. The van der Waals surface area contributed by atoms with Crippen molar-refractivity contribution in [3.05, 3.63) is 174 Å². The summed E-state index contributed by atoms with van der Waals surface area (Å²) in [7, 11) is 0. The molecule has 3 heterocycles. The second-order valence-electron chi connectivity index (χ2n) is 19.9. The number of aromatic amines is 1. The first-order chi connectivity index (χ1) is 37.5. The highest BCUT2D eigenvalue weighted by Crippen LogP contribution is 2.28. The molecule has 6 aromatic rings. The van der Waals surface area contributed by atoms with Crippen molar-refractivity contribution in [1.29, 1.82) is 0 Å². The van der Waals surface area contributed by atoms with E-state index in [2.05, 4.69) is 36.9 Å². The van der Waals surface area contributed by atoms with Gasteiger partial charge in [-0.2, -0.15) is 0 Å². The van der Waals surface area contributed by atoms with E-state index in [0.717, 1.165) is 33.2 Å². The van der Waals surface area contributed by atoms with Crippen LogP contribution in [0.4, 0.5) is 4.79 Å². The highest BCUT2D eigenvalue weighted by atomic mass is 16.6. The molecule has 0 spiro atoms. The number of fused-ring (bicyclic) bond motifs is 2. The fourth-order valence-corrected chi connectivity index (χ4v) is 10.2. The van der Waals surface area contributed by atoms with E-state index in [-0.39, 0.29) is 51.7 Å². The molecule has 0 aliphatic carbocycles. The number of alkyl carbamates (subject to hydrolysis) is 1. The number of carbonyl (C=O) groups excluding carboxylic acids is 3. The van der Waals surface area contributed by atoms with Crippen LogP contribution in [0.1, 0.15) is 59.5 Å². The van der Waals surface area contributed by atoms with Crippen LogP contribution >= 0.6 is 0 Å². The lowest BCUT2D eigenvalue weighted by molar-refractivity contribution is -0.134. The maximum atomic E-state index is 15.1. The molecule has 410 valence electrons. The Morgan fingerprint density at radius 1 is 0.649 bits per heavy atom. The second kappa shape index (κ2) is 28.0. The molecule has 11 atom stereocenters. The number of para-hydroxylation sites is 1. The number of amides is 3. The van der Waals surface area contributed by atoms with Crippen LogP contribution in [0.3, 0.4) is 0 Å². The predicted molar refractivity (Wildman–Crippen MR) is 292 cm³/mol. The molecule has 8 rings (SSSR count). The highest BCUT2D eigenvalue weighted by molar-refractivity contribution is 5.84. The van der Waals surface area contributed by atoms with Crippen molar-refractivity contribution in [2.75, 3.05) is 26.2 Å². The van der Waals surface area contributed by atoms with Crippen LogP contribution in [-0.4, -0.2) is 136 Å². The van der Waals surface area contributed by atoms with E-state index in [0.29, 0.717) is 37.3 Å². The third kappa shape index (κ3) is 15.7. The van der Waals surface area contributed by atoms with Crippen LogP contribution in [0.25, 0.3) is 10.9 Å². The number of carbonyl (C=O) groups is 3. The van der Waals surface area contributed by atoms with Gasteiger partial charge in [-0.1, -0.05) is 128 Å². The summed E-state index contributed by atoms with van der Waals surface area (Å²) in [5.74, 6) is -0.501. The Bertz CT molecular complexity index is 2760. The molecule has 19 heteroatoms. The van der Waals surface area contributed by atoms with Gasteiger partial charge in [-0.15, -0.1) is 0 Å². The smallest absolute Gasteiger partial charge is 0.407 e. The third-order valence-electron chi connectivity index (χ3n) is 14.3. The molecule has 5 aromatic carbocycles. The average molecular weight is 1060 g/mol. The van der Waals surface area contributed by atoms with Gasteiger partial charge in [-0.25, -0.2) is 4.79 Å². The molecule has 77 heavy (non-hydrogen) atoms. The predicted octanol–water partition coefficient (Wildman–Crippen LogP) is 2.54. The number of H-pyrrole nitrogens is 1. The molecule has 1 aromatic heterocycles. The van der Waals surface area contributed by atoms with Crippen LogP contribution in [-0.2, 0) is 40.2 Å². The summed E-state index contributed by atoms with van der Waals surface area (Å²) in [6.45, 7) is 0.950. The van der Waals surface area contributed by atoms with Gasteiger partial charge in [0, 0.05) is 43.2 Å². The van der Waals surface area contributed by atoms with Crippen molar-refractivity contribution < 1.29 is 44.3 Å². The molecule has 2 aliphatic heterocycles. The Labute approximate surface area is 449 Å². The monoisotopic (exact) mass is 1050 g/mol. The normalized spacial score (nSPS) is 25.9. The van der Waals surface area contributed by atoms with E-state index in [1.165, 1.54) is 4.90 Å². The van der Waals surface area contributed by atoms with Crippen LogP contribution < -0.4 is 48.1 Å². The van der Waals surface area contributed by atoms with Crippen molar-refractivity contribution in [1.82, 2.24) is 41.8 Å². The van der Waals surface area contributed by atoms with E-state index in [4.69, 9.17) is 20.9 Å². The first-order valence-corrected chi connectivity index (χ1v) is 26.6. The SMILES string of the molecule is NCCCC[C@@H]1NC(O)[C@@H](Cc2c[nH]c3ccccc23)N[C@@H](O)[C@H](c2ccccc2)NC(=O)[C@@H]2C[C@@H](OC(=O)NCCN)CN2[C@@H](O)[C@H](Cc2ccccc2)NC(O)[C@H](Cc2ccc(OCc3ccccc3)cc2)NC1=O. The molecule has 0 saturated carbocycles. The van der Waals surface area contributed by atoms with Gasteiger partial charge in [0.25, 0.3) is 0 Å². The Balaban J connectivity index is 1.19. The molecular formula is C58H74N10O9. The number of benzene rings is 5. The molecule has 15 N–H and O–H groups in total. The van der Waals surface area contributed by atoms with Crippen molar-refractivity contribution in [3.8, 4) is 5.75 Å². The van der Waals surface area contributed by atoms with Crippen LogP contribution in [0, 0.1) is 0 Å². The number of nitrogens with zero attached hydrogens (tertiary/aromatic N) is 1. The summed E-state index contributed by atoms with van der Waals surface area (Å²) in [5, 5.41) is 69.5. The first-order valence-electron chi connectivity index (χ1n) is 26.6. The Morgan fingerprint density at radius 2 is 1.29 bits per heavy atom. The summed E-state index contributed by atoms with van der Waals surface area (Å²) in [6, 6.07) is 36.6. The quantitative estimate of drug-likeness (QED) is 0.0585. The van der Waals surface area contributed by atoms with E-state index >= 15 is 4.79 Å². The zero-order chi connectivity index (χ0) is 54.1. The number of aliphatic hydroxyl groups is 4. The van der Waals surface area contributed by atoms with Gasteiger partial charge in [0.05, 0.1) is 36.3 Å². The standard InChI is InChI=1S/C58H74N10O9/c59-27-13-12-22-46-52(69)64-47(30-38-23-25-42(26-24-38)76-36-39-16-6-2-7-17-39)53(70)66-49(31-37-14-4-1-5-15-37)57(74)68-35-43(77-58(75)61-29-28-60)33-50(68)55(72)67-51(40-18-8-3-9-19-40)56(73)65-48(54(71)63-46)32-41-34-62-45-21-11-10-20-44(41)45/h1-11,14-21,23-26,34,43,46-51,53-54,56-57,62-63,65-66,70-71,73-74H,12-13,22,27-33,35-36,59-60H2,(H,61,75)(H,64,69)(H,67,72)/t43-,46+,47+,48-,49+,50+,51+,53?,54?,56+,57+/m1/s1. The number of nitrogens with two attached hydrogens (primary N) is 2. The molecule has 0 radical (unpaired) electrons. The fraction of sp³-hybridized carbons (Fsp3) is 0.397. The maximum absolute atomic E-state index is 15.1. The maximum Gasteiger partial charge on any atom is 0.407 e. The zero-order valence-corrected chi connectivity index (χ0v) is 43.1. The number of aliphatic hydroxyl groups excluding tert-OH is 4. The summed E-state index contributed by atoms with van der Waals surface area (Å²) in [5.41, 5.74) is 16.3. The molecular weight excluding hydrogens is 981 g/mol. The van der Waals surface area contributed by atoms with Crippen molar-refractivity contribution in [2.45, 2.75) is 119 Å². The fourth-order valence-electron chi connectivity index (χ4n) is 10.2. The Kier molecular flexibility index (Phi) is 20.6. The van der Waals surface area contributed by atoms with Gasteiger partial charge in [0.1, 0.15) is 43.4 Å². The Morgan fingerprint density at radius 3 is 2.00 bits per heavy atom. The summed E-state index contributed by atoms with van der Waals surface area (Å²) in [4.78, 5) is 47.9. The summed E-state index contributed by atoms with van der Waals surface area (Å²) >= 11 is 0. The van der Waals surface area contributed by atoms with Gasteiger partial charge >= 0.3 is 6.09 Å². The third-order valence-corrected chi connectivity index (χ3v) is 14.3. The topological polar surface area (TPSA) is 294 Å². The van der Waals surface area contributed by atoms with E-state index < -0.39 is 85.2 Å². The summed E-state index contributed by atoms with van der Waals surface area (Å²) in [6.07, 6.45) is -4.20. The lowest BCUT2D eigenvalue weighted by Crippen LogP contribution is -2.64. The number of hydrogen-bond donors (Lipinski definition) is 13.